The molecule has 8 heteroatoms. The van der Waals surface area contributed by atoms with Gasteiger partial charge < -0.3 is 15.1 Å². The van der Waals surface area contributed by atoms with Crippen molar-refractivity contribution in [3.8, 4) is 11.4 Å². The number of imidazole rings is 1. The number of aromatic carboxylic acids is 1. The number of H-pyrrole nitrogens is 2. The molecule has 0 atom stereocenters. The third-order valence-electron chi connectivity index (χ3n) is 3.60. The van der Waals surface area contributed by atoms with Gasteiger partial charge in [-0.15, -0.1) is 0 Å². The molecule has 23 heavy (non-hydrogen) atoms. The molecular weight excluding hydrogens is 339 g/mol. The SMILES string of the molecule is O=C(O)c1cc2[nH]c(-c3ccnc4[nH]ccc34)nc2c(Cl)c1Cl. The summed E-state index contributed by atoms with van der Waals surface area (Å²) >= 11 is 12.2. The maximum absolute atomic E-state index is 11.2. The Bertz CT molecular complexity index is 1080. The van der Waals surface area contributed by atoms with Crippen LogP contribution in [-0.2, 0) is 0 Å². The first kappa shape index (κ1) is 14.0. The van der Waals surface area contributed by atoms with E-state index in [4.69, 9.17) is 23.2 Å². The minimum atomic E-state index is -1.15. The maximum Gasteiger partial charge on any atom is 0.337 e. The van der Waals surface area contributed by atoms with Gasteiger partial charge in [0, 0.05) is 23.3 Å². The fraction of sp³-hybridized carbons (Fsp3) is 0. The van der Waals surface area contributed by atoms with E-state index < -0.39 is 5.97 Å². The average Bonchev–Trinajstić information content (AvgIpc) is 3.16. The fourth-order valence-corrected chi connectivity index (χ4v) is 3.01. The Morgan fingerprint density at radius 1 is 1.22 bits per heavy atom. The lowest BCUT2D eigenvalue weighted by Crippen LogP contribution is -1.97. The maximum atomic E-state index is 11.2. The first-order valence-corrected chi connectivity index (χ1v) is 7.35. The molecule has 1 aromatic carbocycles. The molecule has 6 nitrogen and oxygen atoms in total. The number of carbonyl (C=O) groups is 1. The van der Waals surface area contributed by atoms with Crippen molar-refractivity contribution in [3.63, 3.8) is 0 Å². The summed E-state index contributed by atoms with van der Waals surface area (Å²) in [4.78, 5) is 26.1. The molecule has 0 aliphatic heterocycles. The summed E-state index contributed by atoms with van der Waals surface area (Å²) in [5.41, 5.74) is 2.43. The largest absolute Gasteiger partial charge is 0.478 e. The monoisotopic (exact) mass is 346 g/mol. The van der Waals surface area contributed by atoms with Crippen molar-refractivity contribution >= 4 is 51.2 Å². The second-order valence-electron chi connectivity index (χ2n) is 4.94. The van der Waals surface area contributed by atoms with Crippen LogP contribution in [0.1, 0.15) is 10.4 Å². The zero-order chi connectivity index (χ0) is 16.1. The smallest absolute Gasteiger partial charge is 0.337 e. The zero-order valence-electron chi connectivity index (χ0n) is 11.4. The van der Waals surface area contributed by atoms with Gasteiger partial charge in [-0.1, -0.05) is 23.2 Å². The Hall–Kier alpha value is -2.57. The van der Waals surface area contributed by atoms with Crippen LogP contribution in [0.15, 0.2) is 30.6 Å². The van der Waals surface area contributed by atoms with E-state index in [9.17, 15) is 9.90 Å². The molecule has 0 spiro atoms. The number of aromatic nitrogens is 4. The Morgan fingerprint density at radius 3 is 2.83 bits per heavy atom. The van der Waals surface area contributed by atoms with Crippen molar-refractivity contribution in [1.29, 1.82) is 0 Å². The van der Waals surface area contributed by atoms with Crippen LogP contribution in [-0.4, -0.2) is 31.0 Å². The first-order valence-electron chi connectivity index (χ1n) is 6.59. The van der Waals surface area contributed by atoms with E-state index in [1.807, 2.05) is 12.1 Å². The van der Waals surface area contributed by atoms with Crippen molar-refractivity contribution < 1.29 is 9.90 Å². The number of hydrogen-bond donors (Lipinski definition) is 3. The quantitative estimate of drug-likeness (QED) is 0.509. The molecule has 4 rings (SSSR count). The lowest BCUT2D eigenvalue weighted by atomic mass is 10.2. The van der Waals surface area contributed by atoms with Crippen molar-refractivity contribution in [2.75, 3.05) is 0 Å². The fourth-order valence-electron chi connectivity index (χ4n) is 2.54. The van der Waals surface area contributed by atoms with E-state index in [0.29, 0.717) is 16.9 Å². The van der Waals surface area contributed by atoms with Crippen LogP contribution in [0.3, 0.4) is 0 Å². The molecule has 3 N–H and O–H groups in total. The summed E-state index contributed by atoms with van der Waals surface area (Å²) in [5, 5.41) is 10.2. The molecule has 0 aliphatic carbocycles. The number of halogens is 2. The molecule has 3 heterocycles. The molecule has 114 valence electrons. The first-order chi connectivity index (χ1) is 11.1. The Kier molecular flexibility index (Phi) is 3.04. The molecule has 0 unspecified atom stereocenters. The second-order valence-corrected chi connectivity index (χ2v) is 5.69. The summed E-state index contributed by atoms with van der Waals surface area (Å²) in [5.74, 6) is -0.584. The molecule has 0 saturated carbocycles. The van der Waals surface area contributed by atoms with Crippen molar-refractivity contribution in [2.24, 2.45) is 0 Å². The summed E-state index contributed by atoms with van der Waals surface area (Å²) in [6.07, 6.45) is 3.45. The Balaban J connectivity index is 2.01. The molecule has 0 aliphatic rings. The highest BCUT2D eigenvalue weighted by molar-refractivity contribution is 6.46. The average molecular weight is 347 g/mol. The van der Waals surface area contributed by atoms with Gasteiger partial charge in [-0.2, -0.15) is 0 Å². The summed E-state index contributed by atoms with van der Waals surface area (Å²) in [7, 11) is 0. The van der Waals surface area contributed by atoms with E-state index >= 15 is 0 Å². The molecule has 4 aromatic rings. The number of benzene rings is 1. The number of hydrogen-bond acceptors (Lipinski definition) is 3. The summed E-state index contributed by atoms with van der Waals surface area (Å²) in [6.45, 7) is 0. The normalized spacial score (nSPS) is 11.4. The van der Waals surface area contributed by atoms with Gasteiger partial charge in [0.15, 0.2) is 0 Å². The molecule has 0 saturated heterocycles. The van der Waals surface area contributed by atoms with Crippen LogP contribution in [0.4, 0.5) is 0 Å². The topological polar surface area (TPSA) is 94.7 Å². The third-order valence-corrected chi connectivity index (χ3v) is 4.46. The number of nitrogens with zero attached hydrogens (tertiary/aromatic N) is 2. The van der Waals surface area contributed by atoms with E-state index in [0.717, 1.165) is 16.6 Å². The molecule has 0 fully saturated rings. The van der Waals surface area contributed by atoms with Crippen molar-refractivity contribution in [1.82, 2.24) is 19.9 Å². The van der Waals surface area contributed by atoms with Crippen LogP contribution >= 0.6 is 23.2 Å². The number of pyridine rings is 1. The number of fused-ring (bicyclic) bond motifs is 2. The Labute approximate surface area is 139 Å². The van der Waals surface area contributed by atoms with Crippen molar-refractivity contribution in [3.05, 3.63) is 46.2 Å². The molecule has 0 bridgehead atoms. The molecule has 0 radical (unpaired) electrons. The minimum absolute atomic E-state index is 0.0220. The molecule has 3 aromatic heterocycles. The summed E-state index contributed by atoms with van der Waals surface area (Å²) in [6, 6.07) is 5.14. The van der Waals surface area contributed by atoms with Crippen molar-refractivity contribution in [2.45, 2.75) is 0 Å². The summed E-state index contributed by atoms with van der Waals surface area (Å²) < 4.78 is 0. The zero-order valence-corrected chi connectivity index (χ0v) is 12.9. The van der Waals surface area contributed by atoms with E-state index in [-0.39, 0.29) is 15.6 Å². The number of aromatic amines is 2. The highest BCUT2D eigenvalue weighted by Crippen LogP contribution is 2.35. The lowest BCUT2D eigenvalue weighted by Gasteiger charge is -2.01. The molecule has 0 amide bonds. The van der Waals surface area contributed by atoms with Crippen LogP contribution < -0.4 is 0 Å². The number of carboxylic acid groups (broad SMARTS) is 1. The van der Waals surface area contributed by atoms with Gasteiger partial charge in [0.05, 0.1) is 21.1 Å². The lowest BCUT2D eigenvalue weighted by molar-refractivity contribution is 0.0697. The minimum Gasteiger partial charge on any atom is -0.478 e. The van der Waals surface area contributed by atoms with E-state index in [1.165, 1.54) is 6.07 Å². The number of rotatable bonds is 2. The van der Waals surface area contributed by atoms with Crippen LogP contribution in [0.2, 0.25) is 10.0 Å². The number of nitrogens with one attached hydrogen (secondary N) is 2. The number of carboxylic acids is 1. The molecular formula is C15H8Cl2N4O2. The van der Waals surface area contributed by atoms with Gasteiger partial charge >= 0.3 is 5.97 Å². The van der Waals surface area contributed by atoms with Crippen LogP contribution in [0, 0.1) is 0 Å². The van der Waals surface area contributed by atoms with Gasteiger partial charge in [-0.05, 0) is 18.2 Å². The van der Waals surface area contributed by atoms with Gasteiger partial charge in [-0.25, -0.2) is 14.8 Å². The predicted octanol–water partition coefficient (Wildman–Crippen LogP) is 4.11. The highest BCUT2D eigenvalue weighted by atomic mass is 35.5. The van der Waals surface area contributed by atoms with E-state index in [2.05, 4.69) is 19.9 Å². The predicted molar refractivity (Wildman–Crippen MR) is 88.2 cm³/mol. The van der Waals surface area contributed by atoms with Gasteiger partial charge in [0.2, 0.25) is 0 Å². The second kappa shape index (κ2) is 4.97. The highest BCUT2D eigenvalue weighted by Gasteiger charge is 2.19. The van der Waals surface area contributed by atoms with Gasteiger partial charge in [-0.3, -0.25) is 0 Å². The van der Waals surface area contributed by atoms with Crippen LogP contribution in [0.5, 0.6) is 0 Å². The van der Waals surface area contributed by atoms with E-state index in [1.54, 1.807) is 12.4 Å². The Morgan fingerprint density at radius 2 is 2.04 bits per heavy atom. The van der Waals surface area contributed by atoms with Gasteiger partial charge in [0.1, 0.15) is 17.0 Å². The standard InChI is InChI=1S/C15H8Cl2N4O2/c16-10-8(15(22)23)5-9-12(11(10)17)21-14(20-9)7-2-4-19-13-6(7)1-3-18-13/h1-5H,(H,18,19)(H,20,21)(H,22,23). The van der Waals surface area contributed by atoms with Gasteiger partial charge in [0.25, 0.3) is 0 Å². The van der Waals surface area contributed by atoms with Crippen LogP contribution in [0.25, 0.3) is 33.5 Å². The third kappa shape index (κ3) is 2.07.